The van der Waals surface area contributed by atoms with Gasteiger partial charge in [0.15, 0.2) is 0 Å². The minimum atomic E-state index is -0.744. The molecule has 3 atom stereocenters. The first-order chi connectivity index (χ1) is 9.04. The van der Waals surface area contributed by atoms with Crippen molar-refractivity contribution in [3.8, 4) is 0 Å². The normalized spacial score (nSPS) is 30.3. The monoisotopic (exact) mass is 286 g/mol. The second kappa shape index (κ2) is 6.46. The largest absolute Gasteiger partial charge is 0.376 e. The van der Waals surface area contributed by atoms with Crippen LogP contribution in [0.4, 0.5) is 0 Å². The van der Waals surface area contributed by atoms with Gasteiger partial charge in [0, 0.05) is 24.9 Å². The Bertz CT molecular complexity index is 311. The number of carbonyl (C=O) groups excluding carboxylic acids is 1. The lowest BCUT2D eigenvalue weighted by atomic mass is 9.97. The number of ether oxygens (including phenoxy) is 1. The molecule has 3 unspecified atom stereocenters. The van der Waals surface area contributed by atoms with Crippen molar-refractivity contribution in [3.63, 3.8) is 0 Å². The van der Waals surface area contributed by atoms with E-state index >= 15 is 0 Å². The first kappa shape index (κ1) is 15.1. The zero-order valence-electron chi connectivity index (χ0n) is 12.1. The van der Waals surface area contributed by atoms with Crippen molar-refractivity contribution in [2.45, 2.75) is 57.2 Å². The van der Waals surface area contributed by atoms with Crippen LogP contribution in [-0.2, 0) is 9.53 Å². The summed E-state index contributed by atoms with van der Waals surface area (Å²) in [5, 5.41) is 0. The molecule has 2 N–H and O–H groups in total. The molecule has 2 fully saturated rings. The van der Waals surface area contributed by atoms with E-state index in [0.717, 1.165) is 43.9 Å². The van der Waals surface area contributed by atoms with Gasteiger partial charge in [0.1, 0.15) is 0 Å². The van der Waals surface area contributed by atoms with Crippen molar-refractivity contribution in [3.05, 3.63) is 0 Å². The van der Waals surface area contributed by atoms with Gasteiger partial charge in [-0.05, 0) is 38.4 Å². The maximum absolute atomic E-state index is 12.7. The molecule has 4 nitrogen and oxygen atoms in total. The fourth-order valence-corrected chi connectivity index (χ4v) is 3.88. The topological polar surface area (TPSA) is 55.6 Å². The molecule has 2 saturated heterocycles. The first-order valence-electron chi connectivity index (χ1n) is 7.34. The molecule has 0 bridgehead atoms. The summed E-state index contributed by atoms with van der Waals surface area (Å²) in [6, 6.07) is 0.344. The van der Waals surface area contributed by atoms with Gasteiger partial charge in [-0.1, -0.05) is 6.92 Å². The van der Waals surface area contributed by atoms with Crippen molar-refractivity contribution >= 4 is 17.7 Å². The number of nitrogens with two attached hydrogens (primary N) is 1. The lowest BCUT2D eigenvalue weighted by Crippen LogP contribution is -2.57. The van der Waals surface area contributed by atoms with Crippen molar-refractivity contribution < 1.29 is 9.53 Å². The highest BCUT2D eigenvalue weighted by Gasteiger charge is 2.37. The first-order valence-corrected chi connectivity index (χ1v) is 8.49. The second-order valence-electron chi connectivity index (χ2n) is 5.88. The molecule has 0 aliphatic carbocycles. The third-order valence-electron chi connectivity index (χ3n) is 4.25. The van der Waals surface area contributed by atoms with Crippen LogP contribution in [0.2, 0.25) is 0 Å². The predicted molar refractivity (Wildman–Crippen MR) is 79.3 cm³/mol. The average molecular weight is 286 g/mol. The molecule has 1 amide bonds. The predicted octanol–water partition coefficient (Wildman–Crippen LogP) is 1.63. The maximum Gasteiger partial charge on any atom is 0.242 e. The van der Waals surface area contributed by atoms with E-state index in [1.54, 1.807) is 0 Å². The zero-order chi connectivity index (χ0) is 13.9. The molecule has 0 saturated carbocycles. The summed E-state index contributed by atoms with van der Waals surface area (Å²) in [7, 11) is 0. The molecular weight excluding hydrogens is 260 g/mol. The van der Waals surface area contributed by atoms with Gasteiger partial charge in [0.25, 0.3) is 0 Å². The molecule has 2 rings (SSSR count). The quantitative estimate of drug-likeness (QED) is 0.834. The Morgan fingerprint density at radius 1 is 1.53 bits per heavy atom. The Labute approximate surface area is 120 Å². The van der Waals surface area contributed by atoms with Gasteiger partial charge in [0.05, 0.1) is 11.6 Å². The molecule has 5 heteroatoms. The van der Waals surface area contributed by atoms with E-state index in [9.17, 15) is 4.79 Å². The number of thioether (sulfide) groups is 1. The molecule has 2 heterocycles. The van der Waals surface area contributed by atoms with Crippen LogP contribution in [0, 0.1) is 0 Å². The van der Waals surface area contributed by atoms with Gasteiger partial charge in [-0.15, -0.1) is 0 Å². The van der Waals surface area contributed by atoms with E-state index in [1.165, 1.54) is 0 Å². The van der Waals surface area contributed by atoms with Gasteiger partial charge >= 0.3 is 0 Å². The van der Waals surface area contributed by atoms with Crippen LogP contribution >= 0.6 is 11.8 Å². The van der Waals surface area contributed by atoms with E-state index in [-0.39, 0.29) is 12.0 Å². The highest BCUT2D eigenvalue weighted by atomic mass is 32.2. The number of nitrogens with zero attached hydrogens (tertiary/aromatic N) is 1. The molecule has 0 aromatic rings. The summed E-state index contributed by atoms with van der Waals surface area (Å²) >= 11 is 1.93. The minimum Gasteiger partial charge on any atom is -0.376 e. The summed E-state index contributed by atoms with van der Waals surface area (Å²) in [6.45, 7) is 5.38. The van der Waals surface area contributed by atoms with E-state index in [0.29, 0.717) is 12.5 Å². The van der Waals surface area contributed by atoms with Crippen molar-refractivity contribution in [2.75, 3.05) is 24.7 Å². The lowest BCUT2D eigenvalue weighted by Gasteiger charge is -2.36. The van der Waals surface area contributed by atoms with E-state index in [4.69, 9.17) is 10.5 Å². The van der Waals surface area contributed by atoms with Crippen LogP contribution in [0.3, 0.4) is 0 Å². The van der Waals surface area contributed by atoms with Crippen LogP contribution < -0.4 is 5.73 Å². The Morgan fingerprint density at radius 3 is 2.84 bits per heavy atom. The fourth-order valence-electron chi connectivity index (χ4n) is 2.65. The average Bonchev–Trinajstić information content (AvgIpc) is 3.07. The van der Waals surface area contributed by atoms with Gasteiger partial charge in [-0.2, -0.15) is 11.8 Å². The van der Waals surface area contributed by atoms with Gasteiger partial charge in [0.2, 0.25) is 5.91 Å². The van der Waals surface area contributed by atoms with Crippen LogP contribution in [0.1, 0.15) is 39.5 Å². The van der Waals surface area contributed by atoms with Crippen LogP contribution in [0.15, 0.2) is 0 Å². The Kier molecular flexibility index (Phi) is 5.15. The van der Waals surface area contributed by atoms with Crippen LogP contribution in [0.5, 0.6) is 0 Å². The molecular formula is C14H26N2O2S. The fraction of sp³-hybridized carbons (Fsp3) is 0.929. The Hall–Kier alpha value is -0.260. The highest BCUT2D eigenvalue weighted by molar-refractivity contribution is 7.99. The Morgan fingerprint density at radius 2 is 2.32 bits per heavy atom. The number of rotatable bonds is 5. The van der Waals surface area contributed by atoms with E-state index < -0.39 is 5.54 Å². The standard InChI is InChI=1S/C14H26N2O2S/c1-3-14(2,15)13(17)16(11-6-8-19-10-11)9-12-5-4-7-18-12/h11-12H,3-10,15H2,1-2H3. The van der Waals surface area contributed by atoms with Gasteiger partial charge in [-0.3, -0.25) is 4.79 Å². The van der Waals surface area contributed by atoms with Crippen molar-refractivity contribution in [1.29, 1.82) is 0 Å². The van der Waals surface area contributed by atoms with Crippen LogP contribution in [0.25, 0.3) is 0 Å². The summed E-state index contributed by atoms with van der Waals surface area (Å²) in [5.74, 6) is 2.28. The molecule has 0 aromatic carbocycles. The highest BCUT2D eigenvalue weighted by Crippen LogP contribution is 2.26. The molecule has 19 heavy (non-hydrogen) atoms. The maximum atomic E-state index is 12.7. The van der Waals surface area contributed by atoms with Crippen LogP contribution in [-0.4, -0.2) is 53.1 Å². The van der Waals surface area contributed by atoms with E-state index in [1.807, 2.05) is 30.5 Å². The molecule has 0 aromatic heterocycles. The van der Waals surface area contributed by atoms with Crippen molar-refractivity contribution in [1.82, 2.24) is 4.90 Å². The molecule has 110 valence electrons. The lowest BCUT2D eigenvalue weighted by molar-refractivity contribution is -0.140. The summed E-state index contributed by atoms with van der Waals surface area (Å²) < 4.78 is 5.70. The number of carbonyl (C=O) groups is 1. The second-order valence-corrected chi connectivity index (χ2v) is 7.03. The number of hydrogen-bond acceptors (Lipinski definition) is 4. The SMILES string of the molecule is CCC(C)(N)C(=O)N(CC1CCCO1)C1CCSC1. The zero-order valence-corrected chi connectivity index (χ0v) is 12.9. The molecule has 0 spiro atoms. The molecule has 0 radical (unpaired) electrons. The molecule has 2 aliphatic rings. The third kappa shape index (κ3) is 3.64. The molecule has 2 aliphatic heterocycles. The number of hydrogen-bond donors (Lipinski definition) is 1. The Balaban J connectivity index is 2.06. The number of amides is 1. The van der Waals surface area contributed by atoms with Gasteiger partial charge in [-0.25, -0.2) is 0 Å². The minimum absolute atomic E-state index is 0.0954. The summed E-state index contributed by atoms with van der Waals surface area (Å²) in [6.07, 6.45) is 4.15. The van der Waals surface area contributed by atoms with E-state index in [2.05, 4.69) is 0 Å². The smallest absolute Gasteiger partial charge is 0.242 e. The van der Waals surface area contributed by atoms with Gasteiger partial charge < -0.3 is 15.4 Å². The van der Waals surface area contributed by atoms with Crippen molar-refractivity contribution in [2.24, 2.45) is 5.73 Å². The third-order valence-corrected chi connectivity index (χ3v) is 5.40. The summed E-state index contributed by atoms with van der Waals surface area (Å²) in [5.41, 5.74) is 5.42. The summed E-state index contributed by atoms with van der Waals surface area (Å²) in [4.78, 5) is 14.7.